The number of hydrogen-bond acceptors (Lipinski definition) is 0. The summed E-state index contributed by atoms with van der Waals surface area (Å²) in [5.74, 6) is 0. The molecule has 0 amide bonds. The molecule has 0 aliphatic heterocycles. The van der Waals surface area contributed by atoms with Crippen LogP contribution in [0.2, 0.25) is 6.82 Å². The third-order valence-corrected chi connectivity index (χ3v) is 1.42. The van der Waals surface area contributed by atoms with E-state index in [9.17, 15) is 0 Å². The van der Waals surface area contributed by atoms with Crippen molar-refractivity contribution >= 4 is 7.28 Å². The summed E-state index contributed by atoms with van der Waals surface area (Å²) in [6.07, 6.45) is 5.98. The Morgan fingerprint density at radius 2 is 2.10 bits per heavy atom. The van der Waals surface area contributed by atoms with E-state index in [1.54, 1.807) is 0 Å². The first-order valence-corrected chi connectivity index (χ1v) is 3.51. The van der Waals surface area contributed by atoms with Gasteiger partial charge in [0.25, 0.3) is 0 Å². The summed E-state index contributed by atoms with van der Waals surface area (Å²) in [6, 6.07) is 0. The average Bonchev–Trinajstić information content (AvgIpc) is 1.99. The van der Waals surface area contributed by atoms with Crippen molar-refractivity contribution in [3.63, 3.8) is 0 Å². The summed E-state index contributed by atoms with van der Waals surface area (Å²) in [6.45, 7) is 9.80. The van der Waals surface area contributed by atoms with Gasteiger partial charge in [0.05, 0.1) is 0 Å². The van der Waals surface area contributed by atoms with Crippen molar-refractivity contribution in [3.8, 4) is 0 Å². The van der Waals surface area contributed by atoms with Crippen LogP contribution in [-0.4, -0.2) is 7.28 Å². The highest BCUT2D eigenvalue weighted by molar-refractivity contribution is 6.45. The zero-order valence-corrected chi connectivity index (χ0v) is 7.02. The first-order valence-electron chi connectivity index (χ1n) is 3.51. The minimum absolute atomic E-state index is 1.22. The Morgan fingerprint density at radius 3 is 2.40 bits per heavy atom. The van der Waals surface area contributed by atoms with E-state index in [0.717, 1.165) is 0 Å². The minimum Gasteiger partial charge on any atom is -0.0988 e. The lowest BCUT2D eigenvalue weighted by Crippen LogP contribution is -1.89. The fraction of sp³-hybridized carbons (Fsp3) is 0.333. The molecule has 10 heavy (non-hydrogen) atoms. The topological polar surface area (TPSA) is 0 Å². The van der Waals surface area contributed by atoms with Crippen LogP contribution in [-0.2, 0) is 0 Å². The van der Waals surface area contributed by atoms with Crippen molar-refractivity contribution in [2.45, 2.75) is 20.7 Å². The lowest BCUT2D eigenvalue weighted by molar-refractivity contribution is 1.49. The molecule has 0 aliphatic rings. The van der Waals surface area contributed by atoms with E-state index < -0.39 is 0 Å². The van der Waals surface area contributed by atoms with Gasteiger partial charge in [0.2, 0.25) is 0 Å². The van der Waals surface area contributed by atoms with Gasteiger partial charge in [-0.3, -0.25) is 0 Å². The largest absolute Gasteiger partial charge is 0.148 e. The van der Waals surface area contributed by atoms with Gasteiger partial charge in [0.1, 0.15) is 7.28 Å². The zero-order valence-electron chi connectivity index (χ0n) is 7.02. The third-order valence-electron chi connectivity index (χ3n) is 1.42. The summed E-state index contributed by atoms with van der Waals surface area (Å²) >= 11 is 0. The predicted octanol–water partition coefficient (Wildman–Crippen LogP) is 2.77. The fourth-order valence-corrected chi connectivity index (χ4v) is 0.753. The van der Waals surface area contributed by atoms with Crippen LogP contribution in [0, 0.1) is 0 Å². The number of hydrogen-bond donors (Lipinski definition) is 0. The molecule has 1 heteroatoms. The molecule has 0 aliphatic carbocycles. The molecule has 0 saturated carbocycles. The molecule has 0 bridgehead atoms. The van der Waals surface area contributed by atoms with E-state index in [-0.39, 0.29) is 0 Å². The third kappa shape index (κ3) is 2.72. The van der Waals surface area contributed by atoms with Gasteiger partial charge >= 0.3 is 0 Å². The molecule has 0 atom stereocenters. The van der Waals surface area contributed by atoms with Crippen LogP contribution >= 0.6 is 0 Å². The monoisotopic (exact) mass is 133 g/mol. The quantitative estimate of drug-likeness (QED) is 0.410. The van der Waals surface area contributed by atoms with Crippen molar-refractivity contribution in [3.05, 3.63) is 35.9 Å². The van der Waals surface area contributed by atoms with E-state index in [2.05, 4.69) is 26.9 Å². The lowest BCUT2D eigenvalue weighted by Gasteiger charge is -1.98. The Bertz CT molecular complexity index is 164. The summed E-state index contributed by atoms with van der Waals surface area (Å²) in [5, 5.41) is 0. The molecule has 0 rings (SSSR count). The smallest absolute Gasteiger partial charge is 0.0988 e. The fourth-order valence-electron chi connectivity index (χ4n) is 0.753. The van der Waals surface area contributed by atoms with Gasteiger partial charge in [-0.05, 0) is 13.8 Å². The second kappa shape index (κ2) is 5.10. The van der Waals surface area contributed by atoms with Gasteiger partial charge in [0, 0.05) is 0 Å². The molecule has 53 valence electrons. The highest BCUT2D eigenvalue weighted by atomic mass is 13.9. The maximum atomic E-state index is 3.70. The van der Waals surface area contributed by atoms with Gasteiger partial charge in [0.15, 0.2) is 0 Å². The molecular formula is C9H14B. The summed E-state index contributed by atoms with van der Waals surface area (Å²) in [5.41, 5.74) is 2.47. The zero-order chi connectivity index (χ0) is 7.98. The number of rotatable bonds is 3. The highest BCUT2D eigenvalue weighted by Gasteiger charge is 1.91. The van der Waals surface area contributed by atoms with E-state index in [4.69, 9.17) is 0 Å². The van der Waals surface area contributed by atoms with Gasteiger partial charge in [-0.25, -0.2) is 0 Å². The summed E-state index contributed by atoms with van der Waals surface area (Å²) in [7, 11) is 2.08. The SMILES string of the molecule is C=C/C(C)=C([B]C)\C=C\C. The molecule has 0 saturated heterocycles. The van der Waals surface area contributed by atoms with E-state index in [1.807, 2.05) is 25.9 Å². The van der Waals surface area contributed by atoms with E-state index >= 15 is 0 Å². The van der Waals surface area contributed by atoms with Crippen LogP contribution < -0.4 is 0 Å². The van der Waals surface area contributed by atoms with Gasteiger partial charge in [-0.1, -0.05) is 42.7 Å². The average molecular weight is 133 g/mol. The van der Waals surface area contributed by atoms with Crippen LogP contribution in [0.25, 0.3) is 0 Å². The van der Waals surface area contributed by atoms with Gasteiger partial charge < -0.3 is 0 Å². The maximum absolute atomic E-state index is 3.70. The molecule has 0 aromatic carbocycles. The second-order valence-electron chi connectivity index (χ2n) is 2.13. The summed E-state index contributed by atoms with van der Waals surface area (Å²) in [4.78, 5) is 0. The Morgan fingerprint density at radius 1 is 1.50 bits per heavy atom. The Balaban J connectivity index is 4.44. The Hall–Kier alpha value is -0.715. The van der Waals surface area contributed by atoms with Gasteiger partial charge in [-0.2, -0.15) is 0 Å². The standard InChI is InChI=1S/C9H14B/c1-5-7-9(10-4)8(3)6-2/h5-7H,2H2,1,3-4H3/b7-5+,9-8+. The summed E-state index contributed by atoms with van der Waals surface area (Å²) < 4.78 is 0. The lowest BCUT2D eigenvalue weighted by atomic mass is 9.70. The second-order valence-corrected chi connectivity index (χ2v) is 2.13. The van der Waals surface area contributed by atoms with Crippen molar-refractivity contribution in [1.29, 1.82) is 0 Å². The van der Waals surface area contributed by atoms with Crippen LogP contribution in [0.5, 0.6) is 0 Å². The Labute approximate surface area is 64.6 Å². The van der Waals surface area contributed by atoms with E-state index in [0.29, 0.717) is 0 Å². The molecule has 0 aromatic heterocycles. The van der Waals surface area contributed by atoms with E-state index in [1.165, 1.54) is 11.0 Å². The predicted molar refractivity (Wildman–Crippen MR) is 49.3 cm³/mol. The molecule has 0 heterocycles. The van der Waals surface area contributed by atoms with Crippen molar-refractivity contribution < 1.29 is 0 Å². The van der Waals surface area contributed by atoms with Crippen molar-refractivity contribution in [2.75, 3.05) is 0 Å². The van der Waals surface area contributed by atoms with Crippen LogP contribution in [0.15, 0.2) is 35.9 Å². The molecule has 0 aromatic rings. The molecule has 0 nitrogen and oxygen atoms in total. The molecule has 0 fully saturated rings. The molecule has 0 spiro atoms. The number of allylic oxidation sites excluding steroid dienone is 5. The van der Waals surface area contributed by atoms with Crippen LogP contribution in [0.3, 0.4) is 0 Å². The molecular weight excluding hydrogens is 119 g/mol. The van der Waals surface area contributed by atoms with Gasteiger partial charge in [-0.15, -0.1) is 0 Å². The molecule has 0 unspecified atom stereocenters. The first kappa shape index (κ1) is 9.28. The first-order chi connectivity index (χ1) is 4.76. The van der Waals surface area contributed by atoms with Crippen molar-refractivity contribution in [2.24, 2.45) is 0 Å². The maximum Gasteiger partial charge on any atom is 0.148 e. The minimum atomic E-state index is 1.22. The molecule has 0 N–H and O–H groups in total. The molecule has 1 radical (unpaired) electrons. The highest BCUT2D eigenvalue weighted by Crippen LogP contribution is 2.04. The van der Waals surface area contributed by atoms with Crippen LogP contribution in [0.1, 0.15) is 13.8 Å². The Kier molecular flexibility index (Phi) is 4.74. The normalized spacial score (nSPS) is 13.1. The van der Waals surface area contributed by atoms with Crippen molar-refractivity contribution in [1.82, 2.24) is 0 Å². The van der Waals surface area contributed by atoms with Crippen LogP contribution in [0.4, 0.5) is 0 Å².